The third kappa shape index (κ3) is 3.46. The molecule has 1 rings (SSSR count). The van der Waals surface area contributed by atoms with Crippen LogP contribution in [0.1, 0.15) is 32.3 Å². The first-order valence-corrected chi connectivity index (χ1v) is 5.63. The first-order chi connectivity index (χ1) is 7.15. The highest BCUT2D eigenvalue weighted by molar-refractivity contribution is 5.53. The molecule has 0 radical (unpaired) electrons. The van der Waals surface area contributed by atoms with Crippen LogP contribution in [0.2, 0.25) is 0 Å². The van der Waals surface area contributed by atoms with Gasteiger partial charge in [0, 0.05) is 11.3 Å². The minimum absolute atomic E-state index is 0.607. The van der Waals surface area contributed by atoms with Crippen LogP contribution in [0.3, 0.4) is 0 Å². The van der Waals surface area contributed by atoms with Crippen LogP contribution in [-0.2, 0) is 0 Å². The van der Waals surface area contributed by atoms with Crippen LogP contribution >= 0.6 is 0 Å². The number of hydrogen-bond donors (Lipinski definition) is 1. The van der Waals surface area contributed by atoms with Gasteiger partial charge in [0.15, 0.2) is 0 Å². The molecule has 1 aromatic carbocycles. The summed E-state index contributed by atoms with van der Waals surface area (Å²) in [6.07, 6.45) is 2.42. The number of nitrogens with two attached hydrogens (primary N) is 1. The number of ether oxygens (including phenoxy) is 1. The topological polar surface area (TPSA) is 35.2 Å². The average molecular weight is 207 g/mol. The molecule has 0 saturated carbocycles. The predicted molar refractivity (Wildman–Crippen MR) is 65.2 cm³/mol. The molecule has 0 aliphatic carbocycles. The quantitative estimate of drug-likeness (QED) is 0.751. The highest BCUT2D eigenvalue weighted by Crippen LogP contribution is 2.23. The van der Waals surface area contributed by atoms with Crippen LogP contribution in [-0.4, -0.2) is 6.61 Å². The maximum atomic E-state index is 5.81. The molecule has 0 heterocycles. The molecule has 84 valence electrons. The van der Waals surface area contributed by atoms with Gasteiger partial charge < -0.3 is 10.5 Å². The molecular weight excluding hydrogens is 186 g/mol. The second-order valence-corrected chi connectivity index (χ2v) is 4.18. The van der Waals surface area contributed by atoms with Gasteiger partial charge in [0.1, 0.15) is 5.75 Å². The number of benzene rings is 1. The van der Waals surface area contributed by atoms with Crippen molar-refractivity contribution in [3.8, 4) is 5.75 Å². The lowest BCUT2D eigenvalue weighted by atomic mass is 10.1. The summed E-state index contributed by atoms with van der Waals surface area (Å²) in [5.41, 5.74) is 7.65. The Bertz CT molecular complexity index is 309. The van der Waals surface area contributed by atoms with Gasteiger partial charge in [-0.25, -0.2) is 0 Å². The lowest BCUT2D eigenvalue weighted by Gasteiger charge is -2.14. The Kier molecular flexibility index (Phi) is 4.47. The maximum absolute atomic E-state index is 5.81. The Balaban J connectivity index is 2.54. The van der Waals surface area contributed by atoms with Crippen LogP contribution < -0.4 is 10.5 Å². The van der Waals surface area contributed by atoms with Crippen molar-refractivity contribution in [3.63, 3.8) is 0 Å². The molecule has 0 amide bonds. The van der Waals surface area contributed by atoms with E-state index in [9.17, 15) is 0 Å². The molecule has 0 aliphatic heterocycles. The zero-order chi connectivity index (χ0) is 11.3. The number of rotatable bonds is 5. The van der Waals surface area contributed by atoms with Gasteiger partial charge in [-0.2, -0.15) is 0 Å². The fraction of sp³-hybridized carbons (Fsp3) is 0.538. The van der Waals surface area contributed by atoms with Crippen LogP contribution in [0.5, 0.6) is 5.75 Å². The zero-order valence-corrected chi connectivity index (χ0v) is 9.92. The van der Waals surface area contributed by atoms with Crippen molar-refractivity contribution in [2.45, 2.75) is 33.6 Å². The second kappa shape index (κ2) is 5.64. The van der Waals surface area contributed by atoms with Gasteiger partial charge in [-0.15, -0.1) is 0 Å². The molecule has 15 heavy (non-hydrogen) atoms. The lowest BCUT2D eigenvalue weighted by Crippen LogP contribution is -2.09. The molecule has 2 nitrogen and oxygen atoms in total. The van der Waals surface area contributed by atoms with E-state index in [-0.39, 0.29) is 0 Å². The Morgan fingerprint density at radius 2 is 2.13 bits per heavy atom. The Labute approximate surface area is 92.4 Å². The lowest BCUT2D eigenvalue weighted by molar-refractivity contribution is 0.250. The molecule has 0 spiro atoms. The molecule has 0 aromatic heterocycles. The Hall–Kier alpha value is -1.18. The smallest absolute Gasteiger partial charge is 0.124 e. The van der Waals surface area contributed by atoms with Gasteiger partial charge in [-0.1, -0.05) is 26.3 Å². The van der Waals surface area contributed by atoms with Crippen molar-refractivity contribution in [1.29, 1.82) is 0 Å². The third-order valence-corrected chi connectivity index (χ3v) is 2.63. The van der Waals surface area contributed by atoms with E-state index >= 15 is 0 Å². The van der Waals surface area contributed by atoms with E-state index in [1.165, 1.54) is 12.8 Å². The summed E-state index contributed by atoms with van der Waals surface area (Å²) in [6, 6.07) is 5.81. The Morgan fingerprint density at radius 3 is 2.80 bits per heavy atom. The van der Waals surface area contributed by atoms with Gasteiger partial charge in [-0.05, 0) is 31.4 Å². The molecule has 0 fully saturated rings. The third-order valence-electron chi connectivity index (χ3n) is 2.63. The highest BCUT2D eigenvalue weighted by atomic mass is 16.5. The van der Waals surface area contributed by atoms with Crippen LogP contribution in [0.25, 0.3) is 0 Å². The maximum Gasteiger partial charge on any atom is 0.124 e. The molecule has 2 N–H and O–H groups in total. The van der Waals surface area contributed by atoms with E-state index in [0.717, 1.165) is 23.6 Å². The summed E-state index contributed by atoms with van der Waals surface area (Å²) in [6.45, 7) is 7.18. The fourth-order valence-corrected chi connectivity index (χ4v) is 1.60. The molecule has 1 atom stereocenters. The van der Waals surface area contributed by atoms with Gasteiger partial charge in [0.2, 0.25) is 0 Å². The summed E-state index contributed by atoms with van der Waals surface area (Å²) < 4.78 is 5.75. The first-order valence-electron chi connectivity index (χ1n) is 5.63. The largest absolute Gasteiger partial charge is 0.493 e. The van der Waals surface area contributed by atoms with E-state index in [4.69, 9.17) is 10.5 Å². The summed E-state index contributed by atoms with van der Waals surface area (Å²) in [5, 5.41) is 0. The van der Waals surface area contributed by atoms with Crippen molar-refractivity contribution in [2.75, 3.05) is 12.3 Å². The molecule has 0 saturated heterocycles. The molecule has 0 bridgehead atoms. The zero-order valence-electron chi connectivity index (χ0n) is 9.92. The minimum atomic E-state index is 0.607. The van der Waals surface area contributed by atoms with Crippen molar-refractivity contribution < 1.29 is 4.74 Å². The van der Waals surface area contributed by atoms with E-state index in [1.54, 1.807) is 0 Å². The van der Waals surface area contributed by atoms with Crippen LogP contribution in [0.15, 0.2) is 18.2 Å². The molecule has 1 unspecified atom stereocenters. The fourth-order valence-electron chi connectivity index (χ4n) is 1.60. The Morgan fingerprint density at radius 1 is 1.40 bits per heavy atom. The monoisotopic (exact) mass is 207 g/mol. The second-order valence-electron chi connectivity index (χ2n) is 4.18. The van der Waals surface area contributed by atoms with Crippen LogP contribution in [0.4, 0.5) is 5.69 Å². The molecule has 1 aromatic rings. The predicted octanol–water partition coefficient (Wildman–Crippen LogP) is 3.39. The summed E-state index contributed by atoms with van der Waals surface area (Å²) in [7, 11) is 0. The van der Waals surface area contributed by atoms with E-state index < -0.39 is 0 Å². The van der Waals surface area contributed by atoms with Crippen molar-refractivity contribution in [2.24, 2.45) is 5.92 Å². The molecule has 2 heteroatoms. The normalized spacial score (nSPS) is 12.5. The van der Waals surface area contributed by atoms with Gasteiger partial charge in [-0.3, -0.25) is 0 Å². The van der Waals surface area contributed by atoms with Gasteiger partial charge >= 0.3 is 0 Å². The summed E-state index contributed by atoms with van der Waals surface area (Å²) in [4.78, 5) is 0. The summed E-state index contributed by atoms with van der Waals surface area (Å²) in [5.74, 6) is 1.52. The standard InChI is InChI=1S/C13H21NO/c1-4-6-10(2)9-15-13-8-5-7-12(14)11(13)3/h5,7-8,10H,4,6,9,14H2,1-3H3. The van der Waals surface area contributed by atoms with Crippen molar-refractivity contribution >= 4 is 5.69 Å². The average Bonchev–Trinajstić information content (AvgIpc) is 2.21. The van der Waals surface area contributed by atoms with E-state index in [0.29, 0.717) is 5.92 Å². The highest BCUT2D eigenvalue weighted by Gasteiger charge is 2.05. The van der Waals surface area contributed by atoms with Crippen molar-refractivity contribution in [3.05, 3.63) is 23.8 Å². The summed E-state index contributed by atoms with van der Waals surface area (Å²) >= 11 is 0. The van der Waals surface area contributed by atoms with Crippen molar-refractivity contribution in [1.82, 2.24) is 0 Å². The first kappa shape index (κ1) is 11.9. The van der Waals surface area contributed by atoms with E-state index in [1.807, 2.05) is 25.1 Å². The number of nitrogen functional groups attached to an aromatic ring is 1. The SMILES string of the molecule is CCCC(C)COc1cccc(N)c1C. The number of anilines is 1. The molecule has 0 aliphatic rings. The number of hydrogen-bond acceptors (Lipinski definition) is 2. The minimum Gasteiger partial charge on any atom is -0.493 e. The van der Waals surface area contributed by atoms with Crippen LogP contribution in [0, 0.1) is 12.8 Å². The van der Waals surface area contributed by atoms with Gasteiger partial charge in [0.05, 0.1) is 6.61 Å². The van der Waals surface area contributed by atoms with Gasteiger partial charge in [0.25, 0.3) is 0 Å². The molecular formula is C13H21NO. The van der Waals surface area contributed by atoms with E-state index in [2.05, 4.69) is 13.8 Å².